The highest BCUT2D eigenvalue weighted by Gasteiger charge is 2.17. The van der Waals surface area contributed by atoms with Gasteiger partial charge in [0.1, 0.15) is 0 Å². The number of anilines is 1. The second-order valence-corrected chi connectivity index (χ2v) is 6.86. The molecule has 0 bridgehead atoms. The number of aryl methyl sites for hydroxylation is 1. The molecule has 0 aliphatic rings. The number of nitrogens with zero attached hydrogens (tertiary/aromatic N) is 3. The van der Waals surface area contributed by atoms with E-state index < -0.39 is 0 Å². The van der Waals surface area contributed by atoms with Crippen LogP contribution in [0.5, 0.6) is 17.2 Å². The van der Waals surface area contributed by atoms with Gasteiger partial charge in [-0.1, -0.05) is 6.07 Å². The number of carbonyl (C=O) groups excluding carboxylic acids is 1. The molecule has 1 N–H and O–H groups in total. The third-order valence-electron chi connectivity index (χ3n) is 4.61. The van der Waals surface area contributed by atoms with Crippen LogP contribution in [0.1, 0.15) is 31.9 Å². The number of amides is 1. The van der Waals surface area contributed by atoms with E-state index in [9.17, 15) is 4.79 Å². The molecule has 2 heterocycles. The number of benzene rings is 1. The summed E-state index contributed by atoms with van der Waals surface area (Å²) in [6.45, 7) is 4.10. The van der Waals surface area contributed by atoms with Gasteiger partial charge in [0, 0.05) is 17.8 Å². The number of methoxy groups -OCH3 is 3. The van der Waals surface area contributed by atoms with Crippen molar-refractivity contribution in [3.63, 3.8) is 0 Å². The van der Waals surface area contributed by atoms with E-state index in [1.807, 2.05) is 30.7 Å². The molecule has 0 aliphatic carbocycles. The summed E-state index contributed by atoms with van der Waals surface area (Å²) in [6, 6.07) is 5.78. The van der Waals surface area contributed by atoms with Gasteiger partial charge < -0.3 is 19.5 Å². The Morgan fingerprint density at radius 2 is 1.86 bits per heavy atom. The molecule has 3 rings (SSSR count). The number of carbonyl (C=O) groups is 1. The minimum Gasteiger partial charge on any atom is -0.493 e. The highest BCUT2D eigenvalue weighted by atomic mass is 16.5. The Kier molecular flexibility index (Phi) is 6.21. The van der Waals surface area contributed by atoms with Gasteiger partial charge in [-0.25, -0.2) is 9.67 Å². The highest BCUT2D eigenvalue weighted by molar-refractivity contribution is 5.92. The van der Waals surface area contributed by atoms with Gasteiger partial charge in [-0.3, -0.25) is 4.79 Å². The molecule has 0 saturated carbocycles. The van der Waals surface area contributed by atoms with Crippen LogP contribution in [0.25, 0.3) is 11.0 Å². The monoisotopic (exact) mass is 398 g/mol. The SMILES string of the molecule is COc1ccc(CCC(=O)Nc2cnc3c(cnn3C(C)C)c2)c(OC)c1OC. The molecular weight excluding hydrogens is 372 g/mol. The first-order chi connectivity index (χ1) is 14.0. The predicted octanol–water partition coefficient (Wildman–Crippen LogP) is 3.61. The second kappa shape index (κ2) is 8.81. The highest BCUT2D eigenvalue weighted by Crippen LogP contribution is 2.40. The zero-order valence-electron chi connectivity index (χ0n) is 17.4. The van der Waals surface area contributed by atoms with E-state index in [0.717, 1.165) is 16.6 Å². The first-order valence-corrected chi connectivity index (χ1v) is 9.39. The molecule has 8 nitrogen and oxygen atoms in total. The molecule has 154 valence electrons. The average molecular weight is 398 g/mol. The number of aromatic nitrogens is 3. The molecular formula is C21H26N4O4. The molecule has 3 aromatic rings. The lowest BCUT2D eigenvalue weighted by atomic mass is 10.1. The number of pyridine rings is 1. The maximum Gasteiger partial charge on any atom is 0.224 e. The third-order valence-corrected chi connectivity index (χ3v) is 4.61. The largest absolute Gasteiger partial charge is 0.493 e. The molecule has 1 aromatic carbocycles. The Morgan fingerprint density at radius 1 is 1.10 bits per heavy atom. The summed E-state index contributed by atoms with van der Waals surface area (Å²) in [7, 11) is 4.70. The standard InChI is InChI=1S/C21H26N4O4/c1-13(2)25-21-15(11-23-25)10-16(12-22-21)24-18(26)9-7-14-6-8-17(27-3)20(29-5)19(14)28-4/h6,8,10-13H,7,9H2,1-5H3,(H,24,26). The second-order valence-electron chi connectivity index (χ2n) is 6.86. The van der Waals surface area contributed by atoms with Crippen LogP contribution in [0.2, 0.25) is 0 Å². The zero-order chi connectivity index (χ0) is 21.0. The number of nitrogens with one attached hydrogen (secondary N) is 1. The smallest absolute Gasteiger partial charge is 0.224 e. The summed E-state index contributed by atoms with van der Waals surface area (Å²) in [6.07, 6.45) is 4.19. The Hall–Kier alpha value is -3.29. The van der Waals surface area contributed by atoms with Gasteiger partial charge in [-0.05, 0) is 38.0 Å². The van der Waals surface area contributed by atoms with Crippen molar-refractivity contribution in [1.82, 2.24) is 14.8 Å². The number of rotatable bonds is 8. The summed E-state index contributed by atoms with van der Waals surface area (Å²) in [4.78, 5) is 16.9. The van der Waals surface area contributed by atoms with Crippen molar-refractivity contribution >= 4 is 22.6 Å². The minimum atomic E-state index is -0.112. The number of hydrogen-bond acceptors (Lipinski definition) is 6. The Labute approximate surface area is 169 Å². The molecule has 2 aromatic heterocycles. The van der Waals surface area contributed by atoms with Crippen LogP contribution in [0.3, 0.4) is 0 Å². The van der Waals surface area contributed by atoms with Crippen LogP contribution in [-0.4, -0.2) is 42.0 Å². The lowest BCUT2D eigenvalue weighted by molar-refractivity contribution is -0.116. The lowest BCUT2D eigenvalue weighted by Crippen LogP contribution is -2.13. The maximum atomic E-state index is 12.5. The Morgan fingerprint density at radius 3 is 2.52 bits per heavy atom. The summed E-state index contributed by atoms with van der Waals surface area (Å²) >= 11 is 0. The van der Waals surface area contributed by atoms with Crippen LogP contribution >= 0.6 is 0 Å². The number of hydrogen-bond donors (Lipinski definition) is 1. The van der Waals surface area contributed by atoms with Crippen molar-refractivity contribution < 1.29 is 19.0 Å². The summed E-state index contributed by atoms with van der Waals surface area (Å²) in [5, 5.41) is 8.13. The molecule has 0 spiro atoms. The summed E-state index contributed by atoms with van der Waals surface area (Å²) in [5.41, 5.74) is 2.31. The van der Waals surface area contributed by atoms with Gasteiger partial charge in [0.15, 0.2) is 17.1 Å². The first kappa shape index (κ1) is 20.4. The van der Waals surface area contributed by atoms with Gasteiger partial charge in [-0.2, -0.15) is 5.10 Å². The molecule has 8 heteroatoms. The van der Waals surface area contributed by atoms with E-state index in [1.54, 1.807) is 39.8 Å². The maximum absolute atomic E-state index is 12.5. The average Bonchev–Trinajstić information content (AvgIpc) is 3.14. The van der Waals surface area contributed by atoms with E-state index in [2.05, 4.69) is 15.4 Å². The fourth-order valence-electron chi connectivity index (χ4n) is 3.22. The van der Waals surface area contributed by atoms with Crippen molar-refractivity contribution in [3.05, 3.63) is 36.2 Å². The van der Waals surface area contributed by atoms with Crippen LogP contribution in [0.4, 0.5) is 5.69 Å². The molecule has 0 aliphatic heterocycles. The van der Waals surface area contributed by atoms with Gasteiger partial charge in [0.2, 0.25) is 11.7 Å². The van der Waals surface area contributed by atoms with Gasteiger partial charge in [0.05, 0.1) is 39.4 Å². The van der Waals surface area contributed by atoms with Crippen molar-refractivity contribution in [2.75, 3.05) is 26.6 Å². The normalized spacial score (nSPS) is 11.0. The van der Waals surface area contributed by atoms with E-state index in [-0.39, 0.29) is 18.4 Å². The van der Waals surface area contributed by atoms with E-state index in [4.69, 9.17) is 14.2 Å². The molecule has 0 radical (unpaired) electrons. The van der Waals surface area contributed by atoms with Crippen molar-refractivity contribution in [2.45, 2.75) is 32.7 Å². The van der Waals surface area contributed by atoms with E-state index in [0.29, 0.717) is 29.4 Å². The van der Waals surface area contributed by atoms with Crippen molar-refractivity contribution in [3.8, 4) is 17.2 Å². The minimum absolute atomic E-state index is 0.112. The molecule has 0 saturated heterocycles. The lowest BCUT2D eigenvalue weighted by Gasteiger charge is -2.15. The van der Waals surface area contributed by atoms with Crippen molar-refractivity contribution in [2.24, 2.45) is 0 Å². The van der Waals surface area contributed by atoms with Gasteiger partial charge >= 0.3 is 0 Å². The molecule has 0 atom stereocenters. The van der Waals surface area contributed by atoms with Crippen LogP contribution in [0, 0.1) is 0 Å². The van der Waals surface area contributed by atoms with E-state index in [1.165, 1.54) is 0 Å². The summed E-state index contributed by atoms with van der Waals surface area (Å²) in [5.74, 6) is 1.56. The summed E-state index contributed by atoms with van der Waals surface area (Å²) < 4.78 is 18.0. The predicted molar refractivity (Wildman–Crippen MR) is 111 cm³/mol. The number of fused-ring (bicyclic) bond motifs is 1. The quantitative estimate of drug-likeness (QED) is 0.624. The van der Waals surface area contributed by atoms with Crippen LogP contribution in [-0.2, 0) is 11.2 Å². The Balaban J connectivity index is 1.69. The van der Waals surface area contributed by atoms with Crippen molar-refractivity contribution in [1.29, 1.82) is 0 Å². The van der Waals surface area contributed by atoms with Crippen LogP contribution < -0.4 is 19.5 Å². The topological polar surface area (TPSA) is 87.5 Å². The van der Waals surface area contributed by atoms with Crippen LogP contribution in [0.15, 0.2) is 30.6 Å². The Bertz CT molecular complexity index is 1010. The molecule has 0 fully saturated rings. The van der Waals surface area contributed by atoms with E-state index >= 15 is 0 Å². The molecule has 29 heavy (non-hydrogen) atoms. The fraction of sp³-hybridized carbons (Fsp3) is 0.381. The van der Waals surface area contributed by atoms with Gasteiger partial charge in [-0.15, -0.1) is 0 Å². The van der Waals surface area contributed by atoms with Gasteiger partial charge in [0.25, 0.3) is 0 Å². The zero-order valence-corrected chi connectivity index (χ0v) is 17.4. The molecule has 0 unspecified atom stereocenters. The first-order valence-electron chi connectivity index (χ1n) is 9.39. The number of ether oxygens (including phenoxy) is 3. The third kappa shape index (κ3) is 4.26. The molecule has 1 amide bonds. The fourth-order valence-corrected chi connectivity index (χ4v) is 3.22.